The molecule has 4 nitrogen and oxygen atoms in total. The Morgan fingerprint density at radius 3 is 2.48 bits per heavy atom. The molecule has 0 spiro atoms. The van der Waals surface area contributed by atoms with Crippen LogP contribution in [0.15, 0.2) is 48.8 Å². The molecule has 5 heteroatoms. The monoisotopic (exact) mass is 395 g/mol. The lowest BCUT2D eigenvalue weighted by atomic mass is 9.68. The molecule has 29 heavy (non-hydrogen) atoms. The van der Waals surface area contributed by atoms with E-state index in [4.69, 9.17) is 0 Å². The molecular weight excluding hydrogens is 365 g/mol. The molecule has 154 valence electrons. The standard InChI is InChI=1S/C24H30FN3O/c25-22-9-7-21(8-10-22)24(11-2-1-3-12-24)23(29)28-15-5-14-27(16-17-28)19-20-6-4-13-26-18-20/h4,6-10,13,18H,1-3,5,11-12,14-17,19H2. The quantitative estimate of drug-likeness (QED) is 0.780. The molecule has 0 atom stereocenters. The summed E-state index contributed by atoms with van der Waals surface area (Å²) in [6.45, 7) is 4.29. The summed E-state index contributed by atoms with van der Waals surface area (Å²) in [5.74, 6) is 0.00000967. The SMILES string of the molecule is O=C(N1CCCN(Cc2cccnc2)CC1)C1(c2ccc(F)cc2)CCCCC1. The highest BCUT2D eigenvalue weighted by Crippen LogP contribution is 2.41. The van der Waals surface area contributed by atoms with Gasteiger partial charge in [0, 0.05) is 45.1 Å². The largest absolute Gasteiger partial charge is 0.341 e. The molecule has 1 aliphatic carbocycles. The number of amides is 1. The number of rotatable bonds is 4. The first-order valence-electron chi connectivity index (χ1n) is 10.8. The minimum Gasteiger partial charge on any atom is -0.341 e. The molecule has 0 unspecified atom stereocenters. The molecule has 0 bridgehead atoms. The molecule has 1 aromatic carbocycles. The number of pyridine rings is 1. The lowest BCUT2D eigenvalue weighted by Crippen LogP contribution is -2.49. The summed E-state index contributed by atoms with van der Waals surface area (Å²) in [5, 5.41) is 0. The van der Waals surface area contributed by atoms with Gasteiger partial charge in [0.15, 0.2) is 0 Å². The number of aromatic nitrogens is 1. The third-order valence-electron chi connectivity index (χ3n) is 6.52. The number of carbonyl (C=O) groups excluding carboxylic acids is 1. The summed E-state index contributed by atoms with van der Waals surface area (Å²) in [6.07, 6.45) is 9.72. The van der Waals surface area contributed by atoms with E-state index >= 15 is 0 Å². The molecule has 4 rings (SSSR count). The summed E-state index contributed by atoms with van der Waals surface area (Å²) >= 11 is 0. The number of nitrogens with zero attached hydrogens (tertiary/aromatic N) is 3. The van der Waals surface area contributed by atoms with Gasteiger partial charge in [-0.15, -0.1) is 0 Å². The fraction of sp³-hybridized carbons (Fsp3) is 0.500. The number of benzene rings is 1. The van der Waals surface area contributed by atoms with Crippen molar-refractivity contribution in [2.24, 2.45) is 0 Å². The second kappa shape index (κ2) is 9.04. The smallest absolute Gasteiger partial charge is 0.233 e. The van der Waals surface area contributed by atoms with Crippen LogP contribution in [0.4, 0.5) is 4.39 Å². The molecule has 2 aromatic rings. The predicted molar refractivity (Wildman–Crippen MR) is 112 cm³/mol. The van der Waals surface area contributed by atoms with Gasteiger partial charge in [0.2, 0.25) is 5.91 Å². The lowest BCUT2D eigenvalue weighted by Gasteiger charge is -2.40. The second-order valence-corrected chi connectivity index (χ2v) is 8.43. The lowest BCUT2D eigenvalue weighted by molar-refractivity contribution is -0.138. The molecule has 1 amide bonds. The zero-order valence-electron chi connectivity index (χ0n) is 17.0. The molecule has 2 fully saturated rings. The van der Waals surface area contributed by atoms with Gasteiger partial charge in [-0.2, -0.15) is 0 Å². The first-order chi connectivity index (χ1) is 14.2. The van der Waals surface area contributed by atoms with Gasteiger partial charge in [0.05, 0.1) is 5.41 Å². The van der Waals surface area contributed by atoms with Crippen LogP contribution < -0.4 is 0 Å². The van der Waals surface area contributed by atoms with Crippen molar-refractivity contribution in [1.82, 2.24) is 14.8 Å². The molecule has 0 radical (unpaired) electrons. The van der Waals surface area contributed by atoms with Crippen molar-refractivity contribution in [2.75, 3.05) is 26.2 Å². The summed E-state index contributed by atoms with van der Waals surface area (Å²) in [6, 6.07) is 10.7. The average molecular weight is 396 g/mol. The van der Waals surface area contributed by atoms with Crippen LogP contribution >= 0.6 is 0 Å². The number of hydrogen-bond donors (Lipinski definition) is 0. The van der Waals surface area contributed by atoms with E-state index in [9.17, 15) is 9.18 Å². The van der Waals surface area contributed by atoms with Crippen LogP contribution in [0.5, 0.6) is 0 Å². The molecule has 1 aromatic heterocycles. The fourth-order valence-corrected chi connectivity index (χ4v) is 4.93. The summed E-state index contributed by atoms with van der Waals surface area (Å²) in [5.41, 5.74) is 1.71. The van der Waals surface area contributed by atoms with Gasteiger partial charge in [0.1, 0.15) is 5.82 Å². The minimum absolute atomic E-state index is 0.243. The third kappa shape index (κ3) is 4.50. The molecule has 0 N–H and O–H groups in total. The highest BCUT2D eigenvalue weighted by molar-refractivity contribution is 5.88. The van der Waals surface area contributed by atoms with E-state index in [2.05, 4.69) is 20.9 Å². The van der Waals surface area contributed by atoms with Crippen molar-refractivity contribution in [3.8, 4) is 0 Å². The average Bonchev–Trinajstić information content (AvgIpc) is 3.00. The molecular formula is C24H30FN3O. The van der Waals surface area contributed by atoms with E-state index in [1.54, 1.807) is 6.20 Å². The van der Waals surface area contributed by atoms with E-state index in [0.717, 1.165) is 70.4 Å². The highest BCUT2D eigenvalue weighted by atomic mass is 19.1. The Hall–Kier alpha value is -2.27. The summed E-state index contributed by atoms with van der Waals surface area (Å²) in [4.78, 5) is 22.5. The molecule has 2 heterocycles. The van der Waals surface area contributed by atoms with Gasteiger partial charge in [-0.1, -0.05) is 37.5 Å². The van der Waals surface area contributed by atoms with E-state index in [0.29, 0.717) is 0 Å². The topological polar surface area (TPSA) is 36.4 Å². The number of carbonyl (C=O) groups is 1. The van der Waals surface area contributed by atoms with Crippen LogP contribution in [0.3, 0.4) is 0 Å². The summed E-state index contributed by atoms with van der Waals surface area (Å²) in [7, 11) is 0. The number of halogens is 1. The normalized spacial score (nSPS) is 20.2. The van der Waals surface area contributed by atoms with Gasteiger partial charge in [-0.05, 0) is 48.6 Å². The van der Waals surface area contributed by atoms with E-state index < -0.39 is 5.41 Å². The van der Waals surface area contributed by atoms with Gasteiger partial charge < -0.3 is 4.90 Å². The van der Waals surface area contributed by atoms with Crippen molar-refractivity contribution in [2.45, 2.75) is 50.5 Å². The van der Waals surface area contributed by atoms with Crippen molar-refractivity contribution < 1.29 is 9.18 Å². The van der Waals surface area contributed by atoms with Gasteiger partial charge in [0.25, 0.3) is 0 Å². The molecule has 2 aliphatic rings. The van der Waals surface area contributed by atoms with Crippen molar-refractivity contribution >= 4 is 5.91 Å². The van der Waals surface area contributed by atoms with E-state index in [1.165, 1.54) is 24.1 Å². The Balaban J connectivity index is 1.48. The minimum atomic E-state index is -0.482. The van der Waals surface area contributed by atoms with Gasteiger partial charge in [-0.25, -0.2) is 4.39 Å². The Kier molecular flexibility index (Phi) is 6.24. The van der Waals surface area contributed by atoms with E-state index in [1.807, 2.05) is 24.4 Å². The number of hydrogen-bond acceptors (Lipinski definition) is 3. The maximum Gasteiger partial charge on any atom is 0.233 e. The second-order valence-electron chi connectivity index (χ2n) is 8.43. The van der Waals surface area contributed by atoms with Crippen LogP contribution in [0.2, 0.25) is 0 Å². The van der Waals surface area contributed by atoms with Gasteiger partial charge >= 0.3 is 0 Å². The Morgan fingerprint density at radius 2 is 1.76 bits per heavy atom. The first-order valence-corrected chi connectivity index (χ1v) is 10.8. The first kappa shape index (κ1) is 20.0. The maximum absolute atomic E-state index is 13.8. The summed E-state index contributed by atoms with van der Waals surface area (Å²) < 4.78 is 13.5. The molecule has 1 saturated carbocycles. The van der Waals surface area contributed by atoms with Crippen LogP contribution in [-0.4, -0.2) is 46.9 Å². The van der Waals surface area contributed by atoms with Crippen LogP contribution in [0.1, 0.15) is 49.7 Å². The third-order valence-corrected chi connectivity index (χ3v) is 6.52. The molecule has 1 aliphatic heterocycles. The zero-order valence-corrected chi connectivity index (χ0v) is 17.0. The van der Waals surface area contributed by atoms with Crippen LogP contribution in [0.25, 0.3) is 0 Å². The maximum atomic E-state index is 13.8. The highest BCUT2D eigenvalue weighted by Gasteiger charge is 2.43. The Morgan fingerprint density at radius 1 is 0.966 bits per heavy atom. The van der Waals surface area contributed by atoms with Crippen molar-refractivity contribution in [1.29, 1.82) is 0 Å². The van der Waals surface area contributed by atoms with Gasteiger partial charge in [-0.3, -0.25) is 14.7 Å². The molecule has 1 saturated heterocycles. The van der Waals surface area contributed by atoms with Crippen molar-refractivity contribution in [3.05, 3.63) is 65.7 Å². The zero-order chi connectivity index (χ0) is 20.1. The van der Waals surface area contributed by atoms with Crippen molar-refractivity contribution in [3.63, 3.8) is 0 Å². The fourth-order valence-electron chi connectivity index (χ4n) is 4.93. The Bertz CT molecular complexity index is 803. The van der Waals surface area contributed by atoms with E-state index in [-0.39, 0.29) is 11.7 Å². The predicted octanol–water partition coefficient (Wildman–Crippen LogP) is 4.16. The van der Waals surface area contributed by atoms with Crippen LogP contribution in [-0.2, 0) is 16.8 Å². The Labute approximate surface area is 172 Å². The van der Waals surface area contributed by atoms with Crippen LogP contribution in [0, 0.1) is 5.82 Å².